The van der Waals surface area contributed by atoms with Gasteiger partial charge in [0.25, 0.3) is 0 Å². The fraction of sp³-hybridized carbons (Fsp3) is 0.500. The van der Waals surface area contributed by atoms with Gasteiger partial charge in [-0.15, -0.1) is 0 Å². The number of benzene rings is 1. The second-order valence-electron chi connectivity index (χ2n) is 4.40. The molecule has 0 spiro atoms. The van der Waals surface area contributed by atoms with E-state index in [1.165, 1.54) is 18.2 Å². The Hall–Kier alpha value is -0.270. The highest BCUT2D eigenvalue weighted by molar-refractivity contribution is 8.00. The van der Waals surface area contributed by atoms with Crippen molar-refractivity contribution in [2.45, 2.75) is 29.6 Å². The van der Waals surface area contributed by atoms with Crippen molar-refractivity contribution >= 4 is 33.4 Å². The van der Waals surface area contributed by atoms with Gasteiger partial charge in [-0.05, 0) is 36.3 Å². The molecule has 1 fully saturated rings. The third kappa shape index (κ3) is 3.86. The van der Waals surface area contributed by atoms with Crippen LogP contribution in [0.25, 0.3) is 0 Å². The zero-order chi connectivity index (χ0) is 13.9. The summed E-state index contributed by atoms with van der Waals surface area (Å²) in [5.74, 6) is 1.10. The predicted molar refractivity (Wildman–Crippen MR) is 78.0 cm³/mol. The lowest BCUT2D eigenvalue weighted by Gasteiger charge is -2.11. The SMILES string of the molecule is O=S(=O)(NCC1CCCS1)c1ccc(CO)c(Cl)c1. The van der Waals surface area contributed by atoms with Gasteiger partial charge >= 0.3 is 0 Å². The molecule has 106 valence electrons. The summed E-state index contributed by atoms with van der Waals surface area (Å²) < 4.78 is 26.8. The molecule has 0 bridgehead atoms. The molecular weight excluding hydrogens is 306 g/mol. The third-order valence-electron chi connectivity index (χ3n) is 3.03. The number of aliphatic hydroxyl groups excluding tert-OH is 1. The first-order valence-electron chi connectivity index (χ1n) is 6.03. The van der Waals surface area contributed by atoms with E-state index in [2.05, 4.69) is 4.72 Å². The van der Waals surface area contributed by atoms with Gasteiger partial charge in [0.2, 0.25) is 10.0 Å². The van der Waals surface area contributed by atoms with Crippen LogP contribution in [-0.2, 0) is 16.6 Å². The number of hydrogen-bond acceptors (Lipinski definition) is 4. The molecule has 19 heavy (non-hydrogen) atoms. The molecule has 1 aromatic carbocycles. The van der Waals surface area contributed by atoms with E-state index in [1.807, 2.05) is 0 Å². The molecule has 2 N–H and O–H groups in total. The second kappa shape index (κ2) is 6.45. The van der Waals surface area contributed by atoms with E-state index in [4.69, 9.17) is 16.7 Å². The molecule has 0 aromatic heterocycles. The fourth-order valence-electron chi connectivity index (χ4n) is 1.91. The molecule has 0 saturated carbocycles. The summed E-state index contributed by atoms with van der Waals surface area (Å²) in [4.78, 5) is 0.137. The lowest BCUT2D eigenvalue weighted by atomic mass is 10.2. The maximum atomic E-state index is 12.1. The van der Waals surface area contributed by atoms with Crippen molar-refractivity contribution in [3.63, 3.8) is 0 Å². The summed E-state index contributed by atoms with van der Waals surface area (Å²) >= 11 is 7.71. The molecule has 1 atom stereocenters. The van der Waals surface area contributed by atoms with Crippen molar-refractivity contribution < 1.29 is 13.5 Å². The van der Waals surface area contributed by atoms with Crippen molar-refractivity contribution in [2.24, 2.45) is 0 Å². The Morgan fingerprint density at radius 3 is 2.84 bits per heavy atom. The predicted octanol–water partition coefficient (Wildman–Crippen LogP) is 2.01. The summed E-state index contributed by atoms with van der Waals surface area (Å²) in [5.41, 5.74) is 0.520. The highest BCUT2D eigenvalue weighted by Crippen LogP contribution is 2.26. The van der Waals surface area contributed by atoms with Crippen molar-refractivity contribution in [1.29, 1.82) is 0 Å². The van der Waals surface area contributed by atoms with Crippen LogP contribution >= 0.6 is 23.4 Å². The summed E-state index contributed by atoms with van der Waals surface area (Å²) in [6.07, 6.45) is 2.20. The topological polar surface area (TPSA) is 66.4 Å². The summed E-state index contributed by atoms with van der Waals surface area (Å²) in [5, 5.41) is 9.63. The van der Waals surface area contributed by atoms with Crippen LogP contribution in [0.2, 0.25) is 5.02 Å². The molecule has 0 amide bonds. The van der Waals surface area contributed by atoms with Gasteiger partial charge in [-0.1, -0.05) is 17.7 Å². The van der Waals surface area contributed by atoms with Crippen LogP contribution in [0.5, 0.6) is 0 Å². The largest absolute Gasteiger partial charge is 0.392 e. The van der Waals surface area contributed by atoms with Gasteiger partial charge in [0.1, 0.15) is 0 Å². The van der Waals surface area contributed by atoms with Gasteiger partial charge in [-0.25, -0.2) is 13.1 Å². The number of aliphatic hydroxyl groups is 1. The summed E-state index contributed by atoms with van der Waals surface area (Å²) in [6, 6.07) is 4.36. The van der Waals surface area contributed by atoms with Gasteiger partial charge in [-0.3, -0.25) is 0 Å². The number of sulfonamides is 1. The van der Waals surface area contributed by atoms with Crippen molar-refractivity contribution in [1.82, 2.24) is 4.72 Å². The van der Waals surface area contributed by atoms with E-state index in [9.17, 15) is 8.42 Å². The first-order valence-corrected chi connectivity index (χ1v) is 8.94. The normalized spacial score (nSPS) is 19.8. The van der Waals surface area contributed by atoms with Gasteiger partial charge < -0.3 is 5.11 Å². The molecule has 4 nitrogen and oxygen atoms in total. The molecule has 1 unspecified atom stereocenters. The monoisotopic (exact) mass is 321 g/mol. The van der Waals surface area contributed by atoms with Crippen LogP contribution in [0.4, 0.5) is 0 Å². The van der Waals surface area contributed by atoms with Crippen molar-refractivity contribution in [3.05, 3.63) is 28.8 Å². The maximum Gasteiger partial charge on any atom is 0.240 e. The van der Waals surface area contributed by atoms with Crippen LogP contribution in [0.15, 0.2) is 23.1 Å². The maximum absolute atomic E-state index is 12.1. The van der Waals surface area contributed by atoms with E-state index in [-0.39, 0.29) is 16.5 Å². The number of halogens is 1. The Balaban J connectivity index is 2.08. The van der Waals surface area contributed by atoms with Gasteiger partial charge in [0, 0.05) is 16.8 Å². The van der Waals surface area contributed by atoms with Gasteiger partial charge in [-0.2, -0.15) is 11.8 Å². The minimum Gasteiger partial charge on any atom is -0.392 e. The Morgan fingerprint density at radius 2 is 2.26 bits per heavy atom. The van der Waals surface area contributed by atoms with Crippen LogP contribution in [0, 0.1) is 0 Å². The van der Waals surface area contributed by atoms with Gasteiger partial charge in [0.05, 0.1) is 11.5 Å². The first-order chi connectivity index (χ1) is 9.03. The van der Waals surface area contributed by atoms with Gasteiger partial charge in [0.15, 0.2) is 0 Å². The van der Waals surface area contributed by atoms with E-state index >= 15 is 0 Å². The number of thioether (sulfide) groups is 1. The molecule has 1 heterocycles. The standard InChI is InChI=1S/C12H16ClNO3S2/c13-12-6-11(4-3-9(12)8-15)19(16,17)14-7-10-2-1-5-18-10/h3-4,6,10,14-15H,1-2,5,7-8H2. The number of rotatable bonds is 5. The zero-order valence-electron chi connectivity index (χ0n) is 10.3. The molecule has 0 aliphatic carbocycles. The molecule has 1 saturated heterocycles. The highest BCUT2D eigenvalue weighted by Gasteiger charge is 2.20. The number of nitrogens with one attached hydrogen (secondary N) is 1. The Kier molecular flexibility index (Phi) is 5.14. The summed E-state index contributed by atoms with van der Waals surface area (Å²) in [7, 11) is -3.52. The van der Waals surface area contributed by atoms with E-state index < -0.39 is 10.0 Å². The molecule has 0 radical (unpaired) electrons. The minimum absolute atomic E-state index is 0.137. The summed E-state index contributed by atoms with van der Waals surface area (Å²) in [6.45, 7) is 0.248. The molecule has 1 aliphatic heterocycles. The minimum atomic E-state index is -3.52. The lowest BCUT2D eigenvalue weighted by Crippen LogP contribution is -2.29. The third-order valence-corrected chi connectivity index (χ3v) is 6.20. The Bertz CT molecular complexity index is 542. The van der Waals surface area contributed by atoms with E-state index in [0.29, 0.717) is 17.4 Å². The zero-order valence-corrected chi connectivity index (χ0v) is 12.7. The Morgan fingerprint density at radius 1 is 1.47 bits per heavy atom. The number of hydrogen-bond donors (Lipinski definition) is 2. The molecule has 2 rings (SSSR count). The van der Waals surface area contributed by atoms with Crippen LogP contribution in [0.3, 0.4) is 0 Å². The van der Waals surface area contributed by atoms with Crippen LogP contribution in [-0.4, -0.2) is 31.1 Å². The van der Waals surface area contributed by atoms with Crippen molar-refractivity contribution in [2.75, 3.05) is 12.3 Å². The molecule has 1 aromatic rings. The average Bonchev–Trinajstić information content (AvgIpc) is 2.89. The van der Waals surface area contributed by atoms with E-state index in [0.717, 1.165) is 18.6 Å². The fourth-order valence-corrected chi connectivity index (χ4v) is 4.63. The van der Waals surface area contributed by atoms with Crippen molar-refractivity contribution in [3.8, 4) is 0 Å². The smallest absolute Gasteiger partial charge is 0.240 e. The Labute approximate surface area is 122 Å². The van der Waals surface area contributed by atoms with Crippen LogP contribution in [0.1, 0.15) is 18.4 Å². The second-order valence-corrected chi connectivity index (χ2v) is 7.98. The quantitative estimate of drug-likeness (QED) is 0.870. The first kappa shape index (κ1) is 15.1. The molecule has 7 heteroatoms. The molecular formula is C12H16ClNO3S2. The lowest BCUT2D eigenvalue weighted by molar-refractivity contribution is 0.282. The van der Waals surface area contributed by atoms with Crippen LogP contribution < -0.4 is 4.72 Å². The molecule has 1 aliphatic rings. The van der Waals surface area contributed by atoms with E-state index in [1.54, 1.807) is 11.8 Å². The highest BCUT2D eigenvalue weighted by atomic mass is 35.5. The average molecular weight is 322 g/mol.